The van der Waals surface area contributed by atoms with E-state index in [1.54, 1.807) is 0 Å². The van der Waals surface area contributed by atoms with Gasteiger partial charge >= 0.3 is 0 Å². The summed E-state index contributed by atoms with van der Waals surface area (Å²) < 4.78 is 0. The molecule has 4 heavy (non-hydrogen) atoms. The monoisotopic (exact) mass is 309 g/mol. The van der Waals surface area contributed by atoms with Crippen molar-refractivity contribution in [3.63, 3.8) is 0 Å². The molecule has 0 saturated heterocycles. The molecule has 27 valence electrons. The van der Waals surface area contributed by atoms with Crippen LogP contribution < -0.4 is 0 Å². The summed E-state index contributed by atoms with van der Waals surface area (Å²) in [5.41, 5.74) is 0. The molecule has 0 aliphatic carbocycles. The Morgan fingerprint density at radius 1 is 1.00 bits per heavy atom. The van der Waals surface area contributed by atoms with E-state index in [1.807, 2.05) is 0 Å². The summed E-state index contributed by atoms with van der Waals surface area (Å²) in [6.45, 7) is 0. The molecule has 0 spiro atoms. The molecule has 0 aromatic heterocycles. The van der Waals surface area contributed by atoms with E-state index in [0.717, 1.165) is 0 Å². The Morgan fingerprint density at radius 2 is 1.00 bits per heavy atom. The third-order valence-corrected chi connectivity index (χ3v) is 0. The SMILES string of the molecule is [Co].[Fe].[La].[Mn]. The quantitative estimate of drug-likeness (QED) is 0.552. The van der Waals surface area contributed by atoms with Crippen LogP contribution in [0.5, 0.6) is 0 Å². The van der Waals surface area contributed by atoms with Gasteiger partial charge in [0.25, 0.3) is 0 Å². The fourth-order valence-corrected chi connectivity index (χ4v) is 0. The maximum absolute atomic E-state index is 0. The molecule has 0 aromatic rings. The topological polar surface area (TPSA) is 0 Å². The van der Waals surface area contributed by atoms with Crippen LogP contribution in [0.25, 0.3) is 0 Å². The second-order valence-electron chi connectivity index (χ2n) is 0. The molecule has 0 atom stereocenters. The van der Waals surface area contributed by atoms with Gasteiger partial charge in [-0.2, -0.15) is 0 Å². The van der Waals surface area contributed by atoms with Crippen molar-refractivity contribution in [1.82, 2.24) is 0 Å². The summed E-state index contributed by atoms with van der Waals surface area (Å²) in [6.07, 6.45) is 0. The van der Waals surface area contributed by atoms with E-state index in [2.05, 4.69) is 0 Å². The Morgan fingerprint density at radius 3 is 1.00 bits per heavy atom. The predicted molar refractivity (Wildman–Crippen MR) is 0 cm³/mol. The molecular formula is CoFeLaMn. The minimum atomic E-state index is 0. The fraction of sp³-hybridized carbons (Fsp3) is 0. The molecular weight excluding hydrogens is 309 g/mol. The van der Waals surface area contributed by atoms with Crippen molar-refractivity contribution >= 4 is 0 Å². The molecule has 0 rings (SSSR count). The van der Waals surface area contributed by atoms with Gasteiger partial charge in [-0.05, 0) is 0 Å². The van der Waals surface area contributed by atoms with Crippen molar-refractivity contribution in [3.05, 3.63) is 0 Å². The van der Waals surface area contributed by atoms with E-state index in [1.165, 1.54) is 0 Å². The van der Waals surface area contributed by atoms with Gasteiger partial charge in [0.15, 0.2) is 0 Å². The first-order valence-corrected chi connectivity index (χ1v) is 0. The molecule has 0 fully saturated rings. The van der Waals surface area contributed by atoms with Gasteiger partial charge in [0.2, 0.25) is 0 Å². The van der Waals surface area contributed by atoms with E-state index in [0.29, 0.717) is 0 Å². The Balaban J connectivity index is 0. The minimum Gasteiger partial charge on any atom is 0 e. The third-order valence-electron chi connectivity index (χ3n) is 0. The summed E-state index contributed by atoms with van der Waals surface area (Å²) in [4.78, 5) is 0. The average molecular weight is 309 g/mol. The fourth-order valence-electron chi connectivity index (χ4n) is 0. The number of hydrogen-bond acceptors (Lipinski definition) is 0. The Kier molecular flexibility index (Phi) is 127. The molecule has 0 nitrogen and oxygen atoms in total. The van der Waals surface area contributed by atoms with Gasteiger partial charge in [-0.1, -0.05) is 0 Å². The second-order valence-corrected chi connectivity index (χ2v) is 0. The molecule has 0 aliphatic heterocycles. The molecule has 0 saturated carbocycles. The van der Waals surface area contributed by atoms with Crippen molar-refractivity contribution in [1.29, 1.82) is 0 Å². The standard InChI is InChI=1S/Co.Fe.La.Mn. The summed E-state index contributed by atoms with van der Waals surface area (Å²) in [7, 11) is 0. The normalized spacial score (nSPS) is 0. The Labute approximate surface area is 85.0 Å². The first kappa shape index (κ1) is 29.6. The average Bonchev–Trinajstić information content (AvgIpc) is 0. The zero-order valence-electron chi connectivity index (χ0n) is 1.64. The summed E-state index contributed by atoms with van der Waals surface area (Å²) in [5.74, 6) is 0. The van der Waals surface area contributed by atoms with Gasteiger partial charge in [-0.15, -0.1) is 0 Å². The largest absolute Gasteiger partial charge is 0 e. The molecule has 0 aliphatic rings. The summed E-state index contributed by atoms with van der Waals surface area (Å²) >= 11 is 0. The molecule has 0 N–H and O–H groups in total. The Bertz CT molecular complexity index is 8.00. The van der Waals surface area contributed by atoms with Crippen LogP contribution in [-0.4, -0.2) is 0 Å². The van der Waals surface area contributed by atoms with Crippen LogP contribution in [0.15, 0.2) is 0 Å². The first-order chi connectivity index (χ1) is 0. The van der Waals surface area contributed by atoms with Crippen LogP contribution in [0.3, 0.4) is 0 Å². The van der Waals surface area contributed by atoms with Crippen LogP contribution in [0.4, 0.5) is 0 Å². The Hall–Kier alpha value is 2.74. The molecule has 0 amide bonds. The zero-order valence-corrected chi connectivity index (χ0v) is 8.59. The third kappa shape index (κ3) is 8.83. The molecule has 3 radical (unpaired) electrons. The maximum atomic E-state index is 0. The smallest absolute Gasteiger partial charge is 0 e. The van der Waals surface area contributed by atoms with E-state index in [4.69, 9.17) is 0 Å². The van der Waals surface area contributed by atoms with Crippen molar-refractivity contribution < 1.29 is 86.5 Å². The van der Waals surface area contributed by atoms with Crippen LogP contribution in [-0.2, 0) is 50.9 Å². The van der Waals surface area contributed by atoms with Crippen molar-refractivity contribution in [3.8, 4) is 0 Å². The number of rotatable bonds is 0. The predicted octanol–water partition coefficient (Wildman–Crippen LogP) is -0.00750. The van der Waals surface area contributed by atoms with Gasteiger partial charge in [-0.25, -0.2) is 0 Å². The van der Waals surface area contributed by atoms with Gasteiger partial charge in [-0.3, -0.25) is 0 Å². The van der Waals surface area contributed by atoms with Crippen molar-refractivity contribution in [2.45, 2.75) is 0 Å². The van der Waals surface area contributed by atoms with Crippen LogP contribution in [0, 0.1) is 35.6 Å². The second kappa shape index (κ2) is 17.2. The van der Waals surface area contributed by atoms with Gasteiger partial charge in [0.1, 0.15) is 0 Å². The van der Waals surface area contributed by atoms with E-state index < -0.39 is 0 Å². The van der Waals surface area contributed by atoms with Crippen molar-refractivity contribution in [2.24, 2.45) is 0 Å². The summed E-state index contributed by atoms with van der Waals surface area (Å²) in [5, 5.41) is 0. The number of hydrogen-bond donors (Lipinski definition) is 0. The van der Waals surface area contributed by atoms with Crippen molar-refractivity contribution in [2.75, 3.05) is 0 Å². The first-order valence-electron chi connectivity index (χ1n) is 0. The van der Waals surface area contributed by atoms with E-state index in [9.17, 15) is 0 Å². The van der Waals surface area contributed by atoms with Crippen LogP contribution >= 0.6 is 0 Å². The van der Waals surface area contributed by atoms with Gasteiger partial charge < -0.3 is 0 Å². The molecule has 4 heteroatoms. The molecule has 0 bridgehead atoms. The molecule has 0 heterocycles. The minimum absolute atomic E-state index is 0. The van der Waals surface area contributed by atoms with Gasteiger partial charge in [0, 0.05) is 86.5 Å². The summed E-state index contributed by atoms with van der Waals surface area (Å²) in [6, 6.07) is 0. The van der Waals surface area contributed by atoms with E-state index in [-0.39, 0.29) is 86.5 Å². The van der Waals surface area contributed by atoms with Gasteiger partial charge in [0.05, 0.1) is 0 Å². The maximum Gasteiger partial charge on any atom is 0 e. The van der Waals surface area contributed by atoms with E-state index >= 15 is 0 Å². The van der Waals surface area contributed by atoms with Crippen LogP contribution in [0.2, 0.25) is 0 Å². The molecule has 0 aromatic carbocycles. The molecule has 0 unspecified atom stereocenters. The zero-order chi connectivity index (χ0) is 0. The van der Waals surface area contributed by atoms with Crippen LogP contribution in [0.1, 0.15) is 0 Å².